The lowest BCUT2D eigenvalue weighted by Crippen LogP contribution is -2.12. The molecule has 0 aliphatic heterocycles. The van der Waals surface area contributed by atoms with Crippen LogP contribution in [0.1, 0.15) is 16.8 Å². The first-order valence-corrected chi connectivity index (χ1v) is 10.0. The van der Waals surface area contributed by atoms with E-state index < -0.39 is 5.63 Å². The van der Waals surface area contributed by atoms with Gasteiger partial charge in [0.05, 0.1) is 12.0 Å². The standard InChI is InChI=1S/C20H18ClN3O4S/c21-16-14-8-7-13(24-17(25)12-5-2-1-3-6-12)11-15(14)18(26)28-19(16)27-9-4-10-29-20(22)23/h1-3,5-8,11H,4,9-10H2,(H3,22,23)(H,24,25). The summed E-state index contributed by atoms with van der Waals surface area (Å²) in [6.07, 6.45) is 0.604. The van der Waals surface area contributed by atoms with Gasteiger partial charge in [0.2, 0.25) is 0 Å². The smallest absolute Gasteiger partial charge is 0.346 e. The van der Waals surface area contributed by atoms with E-state index in [2.05, 4.69) is 5.32 Å². The molecular formula is C20H18ClN3O4S. The second kappa shape index (κ2) is 9.49. The van der Waals surface area contributed by atoms with E-state index in [1.54, 1.807) is 36.4 Å². The first kappa shape index (κ1) is 20.8. The molecule has 0 saturated heterocycles. The van der Waals surface area contributed by atoms with E-state index in [9.17, 15) is 9.59 Å². The lowest BCUT2D eigenvalue weighted by Gasteiger charge is -2.10. The first-order chi connectivity index (χ1) is 14.0. The van der Waals surface area contributed by atoms with Gasteiger partial charge in [-0.25, -0.2) is 4.79 Å². The van der Waals surface area contributed by atoms with Crippen LogP contribution in [-0.4, -0.2) is 23.4 Å². The Labute approximate surface area is 175 Å². The molecule has 0 saturated carbocycles. The molecule has 0 fully saturated rings. The lowest BCUT2D eigenvalue weighted by atomic mass is 10.1. The van der Waals surface area contributed by atoms with Crippen LogP contribution in [0.5, 0.6) is 5.95 Å². The highest BCUT2D eigenvalue weighted by Gasteiger charge is 2.15. The molecule has 1 aromatic heterocycles. The van der Waals surface area contributed by atoms with Crippen LogP contribution in [0, 0.1) is 5.41 Å². The molecule has 3 rings (SSSR count). The van der Waals surface area contributed by atoms with E-state index in [-0.39, 0.29) is 34.0 Å². The zero-order valence-electron chi connectivity index (χ0n) is 15.2. The topological polar surface area (TPSA) is 118 Å². The lowest BCUT2D eigenvalue weighted by molar-refractivity contribution is 0.102. The van der Waals surface area contributed by atoms with Crippen molar-refractivity contribution in [3.05, 3.63) is 69.5 Å². The summed E-state index contributed by atoms with van der Waals surface area (Å²) in [7, 11) is 0. The first-order valence-electron chi connectivity index (χ1n) is 8.68. The van der Waals surface area contributed by atoms with Gasteiger partial charge >= 0.3 is 11.6 Å². The third-order valence-electron chi connectivity index (χ3n) is 3.91. The quantitative estimate of drug-likeness (QED) is 0.294. The van der Waals surface area contributed by atoms with Gasteiger partial charge in [-0.05, 0) is 30.7 Å². The molecule has 0 aliphatic rings. The molecule has 0 aliphatic carbocycles. The maximum absolute atomic E-state index is 12.4. The number of carbonyl (C=O) groups is 1. The third-order valence-corrected chi connectivity index (χ3v) is 5.08. The van der Waals surface area contributed by atoms with Crippen molar-refractivity contribution in [2.75, 3.05) is 17.7 Å². The summed E-state index contributed by atoms with van der Waals surface area (Å²) >= 11 is 7.53. The second-order valence-corrected chi connectivity index (χ2v) is 7.50. The number of amides is 1. The second-order valence-electron chi connectivity index (χ2n) is 5.99. The highest BCUT2D eigenvalue weighted by Crippen LogP contribution is 2.32. The number of benzene rings is 2. The Bertz CT molecular complexity index is 1100. The Balaban J connectivity index is 1.76. The summed E-state index contributed by atoms with van der Waals surface area (Å²) < 4.78 is 10.7. The Morgan fingerprint density at radius 3 is 2.69 bits per heavy atom. The van der Waals surface area contributed by atoms with Crippen molar-refractivity contribution in [1.82, 2.24) is 0 Å². The van der Waals surface area contributed by atoms with Gasteiger partial charge in [0.1, 0.15) is 5.02 Å². The Morgan fingerprint density at radius 2 is 1.97 bits per heavy atom. The normalized spacial score (nSPS) is 10.7. The number of ether oxygens (including phenoxy) is 1. The number of nitrogens with two attached hydrogens (primary N) is 1. The summed E-state index contributed by atoms with van der Waals surface area (Å²) in [6.45, 7) is 0.264. The van der Waals surface area contributed by atoms with Crippen molar-refractivity contribution >= 4 is 50.9 Å². The molecule has 0 atom stereocenters. The highest BCUT2D eigenvalue weighted by molar-refractivity contribution is 8.13. The molecule has 3 aromatic rings. The monoisotopic (exact) mass is 431 g/mol. The van der Waals surface area contributed by atoms with Gasteiger partial charge in [-0.15, -0.1) is 0 Å². The summed E-state index contributed by atoms with van der Waals surface area (Å²) in [5.74, 6) is 0.261. The fourth-order valence-electron chi connectivity index (χ4n) is 2.57. The number of hydrogen-bond acceptors (Lipinski definition) is 6. The Kier molecular flexibility index (Phi) is 6.79. The average molecular weight is 432 g/mol. The molecule has 0 spiro atoms. The van der Waals surface area contributed by atoms with Crippen LogP contribution in [0.3, 0.4) is 0 Å². The van der Waals surface area contributed by atoms with E-state index in [1.807, 2.05) is 6.07 Å². The molecule has 0 unspecified atom stereocenters. The summed E-state index contributed by atoms with van der Waals surface area (Å²) in [5, 5.41) is 10.8. The van der Waals surface area contributed by atoms with E-state index in [1.165, 1.54) is 17.8 Å². The van der Waals surface area contributed by atoms with Gasteiger partial charge in [-0.3, -0.25) is 10.2 Å². The number of thioether (sulfide) groups is 1. The molecule has 7 nitrogen and oxygen atoms in total. The van der Waals surface area contributed by atoms with Crippen molar-refractivity contribution in [2.45, 2.75) is 6.42 Å². The molecule has 2 aromatic carbocycles. The van der Waals surface area contributed by atoms with Crippen LogP contribution in [0.2, 0.25) is 5.02 Å². The van der Waals surface area contributed by atoms with E-state index in [0.717, 1.165) is 0 Å². The number of rotatable bonds is 7. The zero-order chi connectivity index (χ0) is 20.8. The van der Waals surface area contributed by atoms with Crippen molar-refractivity contribution in [1.29, 1.82) is 5.41 Å². The molecule has 4 N–H and O–H groups in total. The average Bonchev–Trinajstić information content (AvgIpc) is 2.71. The molecule has 0 bridgehead atoms. The van der Waals surface area contributed by atoms with Crippen molar-refractivity contribution < 1.29 is 13.9 Å². The zero-order valence-corrected chi connectivity index (χ0v) is 16.8. The number of fused-ring (bicyclic) bond motifs is 1. The van der Waals surface area contributed by atoms with Gasteiger partial charge in [-0.1, -0.05) is 47.6 Å². The van der Waals surface area contributed by atoms with E-state index >= 15 is 0 Å². The van der Waals surface area contributed by atoms with Gasteiger partial charge in [0, 0.05) is 22.4 Å². The molecule has 150 valence electrons. The predicted molar refractivity (Wildman–Crippen MR) is 116 cm³/mol. The Morgan fingerprint density at radius 1 is 1.21 bits per heavy atom. The van der Waals surface area contributed by atoms with E-state index in [0.29, 0.717) is 28.8 Å². The third kappa shape index (κ3) is 5.30. The fraction of sp³-hybridized carbons (Fsp3) is 0.150. The SMILES string of the molecule is N=C(N)SCCCOc1oc(=O)c2cc(NC(=O)c3ccccc3)ccc2c1Cl. The number of hydrogen-bond donors (Lipinski definition) is 3. The number of carbonyl (C=O) groups excluding carboxylic acids is 1. The van der Waals surface area contributed by atoms with Crippen LogP contribution < -0.4 is 21.4 Å². The number of nitrogens with one attached hydrogen (secondary N) is 2. The van der Waals surface area contributed by atoms with Crippen molar-refractivity contribution in [2.24, 2.45) is 5.73 Å². The van der Waals surface area contributed by atoms with Gasteiger partial charge in [-0.2, -0.15) is 0 Å². The van der Waals surface area contributed by atoms with Crippen molar-refractivity contribution in [3.8, 4) is 5.95 Å². The van der Waals surface area contributed by atoms with Crippen molar-refractivity contribution in [3.63, 3.8) is 0 Å². The molecular weight excluding hydrogens is 414 g/mol. The maximum atomic E-state index is 12.4. The van der Waals surface area contributed by atoms with Gasteiger partial charge in [0.25, 0.3) is 5.91 Å². The van der Waals surface area contributed by atoms with Crippen LogP contribution in [-0.2, 0) is 0 Å². The fourth-order valence-corrected chi connectivity index (χ4v) is 3.31. The molecule has 29 heavy (non-hydrogen) atoms. The van der Waals surface area contributed by atoms with Crippen LogP contribution >= 0.6 is 23.4 Å². The largest absolute Gasteiger partial charge is 0.464 e. The molecule has 1 amide bonds. The summed E-state index contributed by atoms with van der Waals surface area (Å²) in [4.78, 5) is 24.7. The van der Waals surface area contributed by atoms with Gasteiger partial charge < -0.3 is 20.2 Å². The van der Waals surface area contributed by atoms with Crippen LogP contribution in [0.25, 0.3) is 10.8 Å². The Hall–Kier alpha value is -2.97. The maximum Gasteiger partial charge on any atom is 0.346 e. The number of halogens is 1. The summed E-state index contributed by atoms with van der Waals surface area (Å²) in [5.41, 5.74) is 5.60. The van der Waals surface area contributed by atoms with E-state index in [4.69, 9.17) is 31.9 Å². The number of anilines is 1. The predicted octanol–water partition coefficient (Wildman–Crippen LogP) is 4.09. The molecule has 9 heteroatoms. The van der Waals surface area contributed by atoms with Gasteiger partial charge in [0.15, 0.2) is 5.17 Å². The van der Waals surface area contributed by atoms with Crippen LogP contribution in [0.15, 0.2) is 57.7 Å². The molecule has 1 heterocycles. The highest BCUT2D eigenvalue weighted by atomic mass is 35.5. The minimum Gasteiger partial charge on any atom is -0.464 e. The summed E-state index contributed by atoms with van der Waals surface area (Å²) in [6, 6.07) is 13.5. The van der Waals surface area contributed by atoms with Crippen LogP contribution in [0.4, 0.5) is 5.69 Å². The minimum atomic E-state index is -0.617. The number of amidine groups is 1. The molecule has 0 radical (unpaired) electrons. The minimum absolute atomic E-state index is 0.0374.